The van der Waals surface area contributed by atoms with E-state index in [0.717, 1.165) is 41.0 Å². The van der Waals surface area contributed by atoms with Gasteiger partial charge in [0.05, 0.1) is 18.8 Å². The molecule has 4 aromatic heterocycles. The number of anilines is 1. The Hall–Kier alpha value is -4.48. The van der Waals surface area contributed by atoms with Crippen LogP contribution in [0.25, 0.3) is 22.2 Å². The predicted molar refractivity (Wildman–Crippen MR) is 148 cm³/mol. The van der Waals surface area contributed by atoms with Crippen LogP contribution in [-0.4, -0.2) is 64.3 Å². The molecule has 0 saturated carbocycles. The Kier molecular flexibility index (Phi) is 6.60. The summed E-state index contributed by atoms with van der Waals surface area (Å²) in [6.45, 7) is 4.93. The summed E-state index contributed by atoms with van der Waals surface area (Å²) in [6.07, 6.45) is 13.3. The smallest absolute Gasteiger partial charge is 0.156 e. The molecule has 1 aromatic carbocycles. The lowest BCUT2D eigenvalue weighted by Gasteiger charge is -2.27. The number of nitrogens with zero attached hydrogens (tertiary/aromatic N) is 8. The summed E-state index contributed by atoms with van der Waals surface area (Å²) in [5, 5.41) is 29.3. The van der Waals surface area contributed by atoms with E-state index in [2.05, 4.69) is 36.1 Å². The fraction of sp³-hybridized carbons (Fsp3) is 0.276. The molecule has 2 atom stereocenters. The van der Waals surface area contributed by atoms with Gasteiger partial charge in [-0.15, -0.1) is 0 Å². The van der Waals surface area contributed by atoms with E-state index in [1.54, 1.807) is 48.7 Å². The van der Waals surface area contributed by atoms with E-state index in [0.29, 0.717) is 23.5 Å². The van der Waals surface area contributed by atoms with Crippen molar-refractivity contribution in [2.45, 2.75) is 31.9 Å². The monoisotopic (exact) mass is 540 g/mol. The van der Waals surface area contributed by atoms with Crippen molar-refractivity contribution in [1.82, 2.24) is 34.3 Å². The van der Waals surface area contributed by atoms with Gasteiger partial charge < -0.3 is 15.1 Å². The van der Waals surface area contributed by atoms with Gasteiger partial charge in [0.15, 0.2) is 11.6 Å². The maximum Gasteiger partial charge on any atom is 0.156 e. The second-order valence-electron chi connectivity index (χ2n) is 10.2. The second-order valence-corrected chi connectivity index (χ2v) is 10.2. The highest BCUT2D eigenvalue weighted by Crippen LogP contribution is 2.31. The lowest BCUT2D eigenvalue weighted by atomic mass is 9.90. The van der Waals surface area contributed by atoms with Crippen molar-refractivity contribution in [2.75, 3.05) is 24.6 Å². The van der Waals surface area contributed by atoms with Crippen molar-refractivity contribution >= 4 is 16.9 Å². The van der Waals surface area contributed by atoms with Crippen LogP contribution in [0.15, 0.2) is 73.7 Å². The highest BCUT2D eigenvalue weighted by atomic mass is 19.1. The van der Waals surface area contributed by atoms with Crippen LogP contribution in [0.5, 0.6) is 0 Å². The number of rotatable bonds is 7. The van der Waals surface area contributed by atoms with Gasteiger partial charge in [-0.2, -0.15) is 10.2 Å². The third kappa shape index (κ3) is 4.74. The van der Waals surface area contributed by atoms with E-state index in [9.17, 15) is 14.6 Å². The van der Waals surface area contributed by atoms with Gasteiger partial charge in [-0.1, -0.05) is 18.2 Å². The molecule has 10 nitrogen and oxygen atoms in total. The molecule has 0 spiro atoms. The van der Waals surface area contributed by atoms with Gasteiger partial charge in [0, 0.05) is 54.6 Å². The van der Waals surface area contributed by atoms with Gasteiger partial charge in [0.25, 0.3) is 0 Å². The molecule has 40 heavy (non-hydrogen) atoms. The third-order valence-electron chi connectivity index (χ3n) is 7.45. The molecule has 1 aliphatic rings. The predicted octanol–water partition coefficient (Wildman–Crippen LogP) is 3.62. The molecule has 0 amide bonds. The number of aliphatic hydroxyl groups excluding tert-OH is 1. The van der Waals surface area contributed by atoms with Gasteiger partial charge in [-0.05, 0) is 49.6 Å². The van der Waals surface area contributed by atoms with E-state index in [-0.39, 0.29) is 18.5 Å². The summed E-state index contributed by atoms with van der Waals surface area (Å²) in [5.74, 6) is 1.09. The van der Waals surface area contributed by atoms with Gasteiger partial charge in [0.2, 0.25) is 0 Å². The maximum atomic E-state index is 13.3. The Bertz CT molecular complexity index is 1670. The van der Waals surface area contributed by atoms with Crippen molar-refractivity contribution in [2.24, 2.45) is 0 Å². The average Bonchev–Trinajstić information content (AvgIpc) is 3.65. The normalized spacial score (nSPS) is 16.1. The topological polar surface area (TPSA) is 117 Å². The van der Waals surface area contributed by atoms with Crippen LogP contribution >= 0.6 is 0 Å². The zero-order valence-corrected chi connectivity index (χ0v) is 22.2. The zero-order valence-electron chi connectivity index (χ0n) is 22.2. The number of halogens is 1. The number of hydrogen-bond donors (Lipinski definition) is 2. The molecule has 0 radical (unpaired) electrons. The van der Waals surface area contributed by atoms with Gasteiger partial charge >= 0.3 is 0 Å². The van der Waals surface area contributed by atoms with Gasteiger partial charge in [0.1, 0.15) is 23.3 Å². The number of fused-ring (bicyclic) bond motifs is 1. The van der Waals surface area contributed by atoms with E-state index < -0.39 is 5.60 Å². The Balaban J connectivity index is 1.20. The van der Waals surface area contributed by atoms with Crippen molar-refractivity contribution in [1.29, 1.82) is 0 Å². The summed E-state index contributed by atoms with van der Waals surface area (Å²) in [4.78, 5) is 15.8. The highest BCUT2D eigenvalue weighted by Gasteiger charge is 2.27. The quantitative estimate of drug-likeness (QED) is 0.322. The van der Waals surface area contributed by atoms with Crippen molar-refractivity contribution in [3.05, 3.63) is 96.5 Å². The minimum absolute atomic E-state index is 0.0188. The van der Waals surface area contributed by atoms with E-state index >= 15 is 0 Å². The van der Waals surface area contributed by atoms with Crippen LogP contribution < -0.4 is 4.90 Å². The molecule has 0 bridgehead atoms. The number of aromatic nitrogens is 7. The third-order valence-corrected chi connectivity index (χ3v) is 7.45. The Morgan fingerprint density at radius 3 is 2.48 bits per heavy atom. The first-order valence-electron chi connectivity index (χ1n) is 13.1. The van der Waals surface area contributed by atoms with Crippen LogP contribution in [0.4, 0.5) is 10.2 Å². The molecule has 11 heteroatoms. The van der Waals surface area contributed by atoms with Crippen LogP contribution in [0.2, 0.25) is 0 Å². The minimum Gasteiger partial charge on any atom is -0.394 e. The first kappa shape index (κ1) is 25.8. The van der Waals surface area contributed by atoms with E-state index in [1.165, 1.54) is 12.1 Å². The molecular weight excluding hydrogens is 511 g/mol. The molecule has 5 aromatic rings. The zero-order chi connectivity index (χ0) is 27.9. The minimum atomic E-state index is -1.34. The van der Waals surface area contributed by atoms with Crippen molar-refractivity contribution < 1.29 is 14.6 Å². The van der Waals surface area contributed by atoms with Gasteiger partial charge in [-0.3, -0.25) is 4.68 Å². The molecule has 5 heterocycles. The van der Waals surface area contributed by atoms with E-state index in [4.69, 9.17) is 0 Å². The summed E-state index contributed by atoms with van der Waals surface area (Å²) in [6, 6.07) is 7.72. The molecule has 0 fully saturated rings. The van der Waals surface area contributed by atoms with Crippen LogP contribution in [0.3, 0.4) is 0 Å². The fourth-order valence-corrected chi connectivity index (χ4v) is 4.88. The van der Waals surface area contributed by atoms with Crippen LogP contribution in [-0.2, 0) is 5.60 Å². The number of benzene rings is 1. The van der Waals surface area contributed by atoms with Crippen LogP contribution in [0.1, 0.15) is 43.3 Å². The first-order chi connectivity index (χ1) is 19.3. The van der Waals surface area contributed by atoms with Crippen molar-refractivity contribution in [3.8, 4) is 11.1 Å². The summed E-state index contributed by atoms with van der Waals surface area (Å²) in [5.41, 5.74) is 3.58. The van der Waals surface area contributed by atoms with Crippen molar-refractivity contribution in [3.63, 3.8) is 0 Å². The van der Waals surface area contributed by atoms with Crippen LogP contribution in [0, 0.1) is 5.82 Å². The van der Waals surface area contributed by atoms with E-state index in [1.807, 2.05) is 29.9 Å². The Morgan fingerprint density at radius 1 is 1.00 bits per heavy atom. The lowest BCUT2D eigenvalue weighted by Crippen LogP contribution is -2.30. The molecule has 6 rings (SSSR count). The largest absolute Gasteiger partial charge is 0.394 e. The average molecular weight is 541 g/mol. The summed E-state index contributed by atoms with van der Waals surface area (Å²) < 4.78 is 16.9. The number of hydrogen-bond acceptors (Lipinski definition) is 8. The SMILES string of the molecule is C[C@@H](CO)n1cc(-c2cc3c(N4CC=C(c5ncc(C(C)(O)c6ccc(F)cc6)cn5)CC4)ncnn3c2)cn1. The summed E-state index contributed by atoms with van der Waals surface area (Å²) in [7, 11) is 0. The second kappa shape index (κ2) is 10.2. The molecule has 204 valence electrons. The maximum absolute atomic E-state index is 13.3. The molecule has 0 saturated heterocycles. The lowest BCUT2D eigenvalue weighted by molar-refractivity contribution is 0.101. The molecule has 1 aliphatic heterocycles. The molecule has 0 aliphatic carbocycles. The summed E-state index contributed by atoms with van der Waals surface area (Å²) >= 11 is 0. The van der Waals surface area contributed by atoms with Gasteiger partial charge in [-0.25, -0.2) is 23.9 Å². The number of aliphatic hydroxyl groups is 2. The Morgan fingerprint density at radius 2 is 1.77 bits per heavy atom. The molecule has 1 unspecified atom stereocenters. The standard InChI is InChI=1S/C29H29FN8O2/c1-19(17-39)37-16-22(12-34-37)21-11-26-28(33-18-35-38(26)15-21)36-9-7-20(8-10-36)27-31-13-24(14-32-27)29(2,40)23-3-5-25(30)6-4-23/h3-7,11-16,18-19,39-40H,8-10,17H2,1-2H3/t19-,29?/m0/s1. The molecule has 2 N–H and O–H groups in total. The molecular formula is C29H29FN8O2. The first-order valence-corrected chi connectivity index (χ1v) is 13.1. The Labute approximate surface area is 230 Å². The highest BCUT2D eigenvalue weighted by molar-refractivity contribution is 5.78. The fourth-order valence-electron chi connectivity index (χ4n) is 4.88.